The van der Waals surface area contributed by atoms with Gasteiger partial charge in [-0.15, -0.1) is 0 Å². The summed E-state index contributed by atoms with van der Waals surface area (Å²) in [4.78, 5) is 38.5. The number of nitrogens with one attached hydrogen (secondary N) is 1. The van der Waals surface area contributed by atoms with Crippen LogP contribution in [0.25, 0.3) is 11.3 Å². The monoisotopic (exact) mass is 352 g/mol. The molecule has 0 radical (unpaired) electrons. The Kier molecular flexibility index (Phi) is 4.82. The molecule has 136 valence electrons. The van der Waals surface area contributed by atoms with Gasteiger partial charge in [0.15, 0.2) is 0 Å². The smallest absolute Gasteiger partial charge is 0.251 e. The lowest BCUT2D eigenvalue weighted by Gasteiger charge is -2.34. The van der Waals surface area contributed by atoms with Gasteiger partial charge < -0.3 is 9.88 Å². The zero-order valence-electron chi connectivity index (χ0n) is 14.9. The van der Waals surface area contributed by atoms with Crippen LogP contribution in [0.1, 0.15) is 50.3 Å². The molecule has 2 aromatic heterocycles. The Morgan fingerprint density at radius 2 is 1.88 bits per heavy atom. The van der Waals surface area contributed by atoms with Crippen molar-refractivity contribution in [3.05, 3.63) is 46.8 Å². The average Bonchev–Trinajstić information content (AvgIpc) is 3.22. The number of rotatable bonds is 3. The molecule has 1 saturated heterocycles. The predicted molar refractivity (Wildman–Crippen MR) is 98.6 cm³/mol. The van der Waals surface area contributed by atoms with Crippen LogP contribution in [-0.4, -0.2) is 38.8 Å². The Morgan fingerprint density at radius 1 is 1.12 bits per heavy atom. The van der Waals surface area contributed by atoms with Crippen LogP contribution in [0, 0.1) is 5.92 Å². The number of amides is 1. The van der Waals surface area contributed by atoms with Gasteiger partial charge in [0.05, 0.1) is 5.69 Å². The van der Waals surface area contributed by atoms with Gasteiger partial charge in [0.1, 0.15) is 5.82 Å². The van der Waals surface area contributed by atoms with E-state index in [1.54, 1.807) is 12.4 Å². The molecule has 0 unspecified atom stereocenters. The number of hydrogen-bond donors (Lipinski definition) is 1. The first-order chi connectivity index (χ1) is 12.7. The highest BCUT2D eigenvalue weighted by Gasteiger charge is 2.31. The van der Waals surface area contributed by atoms with E-state index < -0.39 is 0 Å². The number of likely N-dealkylation sites (tertiary alicyclic amines) is 1. The minimum Gasteiger partial charge on any atom is -0.342 e. The van der Waals surface area contributed by atoms with Crippen molar-refractivity contribution in [2.75, 3.05) is 13.1 Å². The van der Waals surface area contributed by atoms with Crippen molar-refractivity contribution in [2.24, 2.45) is 5.92 Å². The molecule has 1 N–H and O–H groups in total. The maximum Gasteiger partial charge on any atom is 0.251 e. The fourth-order valence-electron chi connectivity index (χ4n) is 4.17. The first kappa shape index (κ1) is 16.9. The van der Waals surface area contributed by atoms with Gasteiger partial charge in [-0.1, -0.05) is 12.8 Å². The molecule has 4 rings (SSSR count). The molecular formula is C20H24N4O2. The fraction of sp³-hybridized carbons (Fsp3) is 0.500. The molecule has 0 aromatic carbocycles. The molecule has 2 aliphatic rings. The number of H-pyrrole nitrogens is 1. The number of piperidine rings is 1. The maximum absolute atomic E-state index is 12.8. The van der Waals surface area contributed by atoms with Crippen molar-refractivity contribution in [1.29, 1.82) is 0 Å². The third-order valence-corrected chi connectivity index (χ3v) is 5.56. The predicted octanol–water partition coefficient (Wildman–Crippen LogP) is 2.73. The van der Waals surface area contributed by atoms with Crippen molar-refractivity contribution >= 4 is 5.91 Å². The summed E-state index contributed by atoms with van der Waals surface area (Å²) >= 11 is 0. The van der Waals surface area contributed by atoms with Crippen LogP contribution in [0.2, 0.25) is 0 Å². The lowest BCUT2D eigenvalue weighted by Crippen LogP contribution is -2.42. The zero-order chi connectivity index (χ0) is 17.9. The Morgan fingerprint density at radius 3 is 2.65 bits per heavy atom. The van der Waals surface area contributed by atoms with E-state index in [9.17, 15) is 9.59 Å². The number of nitrogens with zero attached hydrogens (tertiary/aromatic N) is 3. The number of pyridine rings is 1. The van der Waals surface area contributed by atoms with Gasteiger partial charge in [-0.3, -0.25) is 14.6 Å². The molecule has 3 heterocycles. The Balaban J connectivity index is 1.56. The summed E-state index contributed by atoms with van der Waals surface area (Å²) in [7, 11) is 0. The molecule has 26 heavy (non-hydrogen) atoms. The van der Waals surface area contributed by atoms with Crippen molar-refractivity contribution in [2.45, 2.75) is 44.4 Å². The van der Waals surface area contributed by atoms with Gasteiger partial charge >= 0.3 is 0 Å². The first-order valence-electron chi connectivity index (χ1n) is 9.51. The van der Waals surface area contributed by atoms with Crippen LogP contribution >= 0.6 is 0 Å². The number of hydrogen-bond acceptors (Lipinski definition) is 4. The molecule has 1 aliphatic carbocycles. The van der Waals surface area contributed by atoms with Crippen LogP contribution in [0.5, 0.6) is 0 Å². The molecule has 2 aromatic rings. The highest BCUT2D eigenvalue weighted by molar-refractivity contribution is 5.79. The summed E-state index contributed by atoms with van der Waals surface area (Å²) in [6, 6.07) is 5.22. The Hall–Kier alpha value is -2.50. The second kappa shape index (κ2) is 7.40. The molecule has 6 heteroatoms. The van der Waals surface area contributed by atoms with Crippen LogP contribution < -0.4 is 5.56 Å². The van der Waals surface area contributed by atoms with Gasteiger partial charge in [-0.2, -0.15) is 0 Å². The van der Waals surface area contributed by atoms with Crippen LogP contribution in [0.15, 0.2) is 35.4 Å². The van der Waals surface area contributed by atoms with Crippen LogP contribution in [0.3, 0.4) is 0 Å². The normalized spacial score (nSPS) is 21.1. The molecular weight excluding hydrogens is 328 g/mol. The summed E-state index contributed by atoms with van der Waals surface area (Å²) in [5, 5.41) is 0. The van der Waals surface area contributed by atoms with Gasteiger partial charge in [0, 0.05) is 48.9 Å². The van der Waals surface area contributed by atoms with Crippen LogP contribution in [-0.2, 0) is 4.79 Å². The number of carbonyl (C=O) groups is 1. The minimum atomic E-state index is -0.152. The van der Waals surface area contributed by atoms with E-state index >= 15 is 0 Å². The zero-order valence-corrected chi connectivity index (χ0v) is 14.9. The van der Waals surface area contributed by atoms with E-state index in [1.807, 2.05) is 17.0 Å². The third-order valence-electron chi connectivity index (χ3n) is 5.56. The summed E-state index contributed by atoms with van der Waals surface area (Å²) in [5.74, 6) is 1.26. The second-order valence-corrected chi connectivity index (χ2v) is 7.36. The van der Waals surface area contributed by atoms with Gasteiger partial charge in [0.2, 0.25) is 5.91 Å². The SMILES string of the molecule is O=C(C1CCCC1)N1CCC[C@H](c2nc(-c3ccncc3)cc(=O)[nH]2)C1. The van der Waals surface area contributed by atoms with Crippen molar-refractivity contribution in [3.8, 4) is 11.3 Å². The molecule has 1 amide bonds. The van der Waals surface area contributed by atoms with Crippen LogP contribution in [0.4, 0.5) is 0 Å². The molecule has 6 nitrogen and oxygen atoms in total. The third kappa shape index (κ3) is 3.54. The maximum atomic E-state index is 12.8. The van der Waals surface area contributed by atoms with E-state index in [2.05, 4.69) is 9.97 Å². The van der Waals surface area contributed by atoms with E-state index in [4.69, 9.17) is 4.98 Å². The lowest BCUT2D eigenvalue weighted by atomic mass is 9.95. The molecule has 0 spiro atoms. The molecule has 0 bridgehead atoms. The standard InChI is InChI=1S/C20H24N4O2/c25-18-12-17(14-7-9-21-10-8-14)22-19(23-18)16-6-3-11-24(13-16)20(26)15-4-1-2-5-15/h7-10,12,15-16H,1-6,11,13H2,(H,22,23,25)/t16-/m0/s1. The summed E-state index contributed by atoms with van der Waals surface area (Å²) in [6.45, 7) is 1.47. The van der Waals surface area contributed by atoms with E-state index in [0.29, 0.717) is 24.0 Å². The molecule has 1 saturated carbocycles. The number of aromatic nitrogens is 3. The molecule has 1 aliphatic heterocycles. The summed E-state index contributed by atoms with van der Waals surface area (Å²) in [6.07, 6.45) is 9.65. The molecule has 1 atom stereocenters. The Labute approximate surface area is 152 Å². The minimum absolute atomic E-state index is 0.0867. The van der Waals surface area contributed by atoms with Gasteiger partial charge in [-0.05, 0) is 37.8 Å². The number of carbonyl (C=O) groups excluding carboxylic acids is 1. The quantitative estimate of drug-likeness (QED) is 0.921. The topological polar surface area (TPSA) is 79.0 Å². The summed E-state index contributed by atoms with van der Waals surface area (Å²) in [5.41, 5.74) is 1.38. The van der Waals surface area contributed by atoms with Gasteiger partial charge in [0.25, 0.3) is 5.56 Å². The van der Waals surface area contributed by atoms with E-state index in [1.165, 1.54) is 6.07 Å². The average molecular weight is 352 g/mol. The van der Waals surface area contributed by atoms with Crippen molar-refractivity contribution in [3.63, 3.8) is 0 Å². The van der Waals surface area contributed by atoms with Crippen molar-refractivity contribution in [1.82, 2.24) is 19.9 Å². The van der Waals surface area contributed by atoms with Gasteiger partial charge in [-0.25, -0.2) is 4.98 Å². The highest BCUT2D eigenvalue weighted by Crippen LogP contribution is 2.30. The summed E-state index contributed by atoms with van der Waals surface area (Å²) < 4.78 is 0. The second-order valence-electron chi connectivity index (χ2n) is 7.36. The highest BCUT2D eigenvalue weighted by atomic mass is 16.2. The Bertz CT molecular complexity index is 827. The number of aromatic amines is 1. The van der Waals surface area contributed by atoms with E-state index in [-0.39, 0.29) is 17.4 Å². The first-order valence-corrected chi connectivity index (χ1v) is 9.51. The fourth-order valence-corrected chi connectivity index (χ4v) is 4.17. The van der Waals surface area contributed by atoms with Crippen molar-refractivity contribution < 1.29 is 4.79 Å². The van der Waals surface area contributed by atoms with E-state index in [0.717, 1.165) is 50.6 Å². The lowest BCUT2D eigenvalue weighted by molar-refractivity contribution is -0.136. The molecule has 2 fully saturated rings. The largest absolute Gasteiger partial charge is 0.342 e.